The molecule has 1 aromatic heterocycles. The molecule has 0 saturated carbocycles. The molecule has 3 heteroatoms. The average molecular weight is 287 g/mol. The first-order valence-corrected chi connectivity index (χ1v) is 6.05. The van der Waals surface area contributed by atoms with Crippen molar-refractivity contribution in [1.82, 2.24) is 4.57 Å². The third-order valence-corrected chi connectivity index (χ3v) is 2.87. The van der Waals surface area contributed by atoms with Gasteiger partial charge in [-0.2, -0.15) is 5.26 Å². The lowest BCUT2D eigenvalue weighted by atomic mass is 10.2. The summed E-state index contributed by atoms with van der Waals surface area (Å²) in [5, 5.41) is 8.90. The van der Waals surface area contributed by atoms with Crippen LogP contribution < -0.4 is 0 Å². The fourth-order valence-electron chi connectivity index (χ4n) is 1.59. The Balaban J connectivity index is 2.15. The Morgan fingerprint density at radius 3 is 2.71 bits per heavy atom. The lowest BCUT2D eigenvalue weighted by Crippen LogP contribution is -1.98. The molecule has 0 atom stereocenters. The molecule has 0 unspecified atom stereocenters. The molecule has 0 aliphatic rings. The maximum absolute atomic E-state index is 8.90. The fraction of sp³-hybridized carbons (Fsp3) is 0.0714. The molecule has 84 valence electrons. The third kappa shape index (κ3) is 3.08. The number of halogens is 1. The normalized spacial score (nSPS) is 11.2. The van der Waals surface area contributed by atoms with Gasteiger partial charge in [0.05, 0.1) is 6.54 Å². The molecule has 0 fully saturated rings. The molecular weight excluding hydrogens is 276 g/mol. The van der Waals surface area contributed by atoms with Crippen LogP contribution in [0.15, 0.2) is 53.1 Å². The molecule has 2 rings (SSSR count). The molecule has 0 spiro atoms. The summed E-state index contributed by atoms with van der Waals surface area (Å²) >= 11 is 3.53. The van der Waals surface area contributed by atoms with Crippen molar-refractivity contribution >= 4 is 22.0 Å². The number of aromatic nitrogens is 1. The summed E-state index contributed by atoms with van der Waals surface area (Å²) < 4.78 is 2.94. The van der Waals surface area contributed by atoms with Gasteiger partial charge in [-0.15, -0.1) is 0 Å². The number of nitrogens with zero attached hydrogens (tertiary/aromatic N) is 2. The number of benzene rings is 1. The van der Waals surface area contributed by atoms with Gasteiger partial charge in [-0.3, -0.25) is 0 Å². The van der Waals surface area contributed by atoms with E-state index in [-0.39, 0.29) is 0 Å². The van der Waals surface area contributed by atoms with Crippen molar-refractivity contribution in [3.8, 4) is 6.07 Å². The zero-order valence-corrected chi connectivity index (χ0v) is 10.8. The highest BCUT2D eigenvalue weighted by Crippen LogP contribution is 2.15. The summed E-state index contributed by atoms with van der Waals surface area (Å²) in [4.78, 5) is 0. The standard InChI is InChI=1S/C14H11BrN2/c15-13(9-12-5-2-1-3-6-12)11-17-8-4-7-14(17)10-16/h1-9H,11H2/b13-9-. The van der Waals surface area contributed by atoms with Crippen LogP contribution in [0.5, 0.6) is 0 Å². The first-order valence-electron chi connectivity index (χ1n) is 5.26. The highest BCUT2D eigenvalue weighted by Gasteiger charge is 2.00. The van der Waals surface area contributed by atoms with Crippen LogP contribution in [0.3, 0.4) is 0 Å². The van der Waals surface area contributed by atoms with Gasteiger partial charge in [0.1, 0.15) is 11.8 Å². The van der Waals surface area contributed by atoms with Gasteiger partial charge in [-0.1, -0.05) is 46.3 Å². The predicted molar refractivity (Wildman–Crippen MR) is 72.5 cm³/mol. The van der Waals surface area contributed by atoms with Crippen LogP contribution in [0, 0.1) is 11.3 Å². The second kappa shape index (κ2) is 5.51. The predicted octanol–water partition coefficient (Wildman–Crippen LogP) is 3.80. The smallest absolute Gasteiger partial charge is 0.120 e. The fourth-order valence-corrected chi connectivity index (χ4v) is 2.13. The highest BCUT2D eigenvalue weighted by atomic mass is 79.9. The van der Waals surface area contributed by atoms with Gasteiger partial charge in [0.2, 0.25) is 0 Å². The van der Waals surface area contributed by atoms with E-state index in [0.717, 1.165) is 10.0 Å². The molecule has 2 nitrogen and oxygen atoms in total. The van der Waals surface area contributed by atoms with Crippen molar-refractivity contribution in [2.24, 2.45) is 0 Å². The molecule has 0 radical (unpaired) electrons. The Morgan fingerprint density at radius 1 is 1.24 bits per heavy atom. The minimum atomic E-state index is 0.670. The molecular formula is C14H11BrN2. The quantitative estimate of drug-likeness (QED) is 0.844. The van der Waals surface area contributed by atoms with E-state index < -0.39 is 0 Å². The number of hydrogen-bond acceptors (Lipinski definition) is 1. The molecule has 17 heavy (non-hydrogen) atoms. The van der Waals surface area contributed by atoms with E-state index in [0.29, 0.717) is 12.2 Å². The summed E-state index contributed by atoms with van der Waals surface area (Å²) in [5.41, 5.74) is 1.81. The van der Waals surface area contributed by atoms with E-state index in [1.54, 1.807) is 0 Å². The monoisotopic (exact) mass is 286 g/mol. The first-order chi connectivity index (χ1) is 8.29. The molecule has 1 aromatic carbocycles. The summed E-state index contributed by atoms with van der Waals surface area (Å²) in [6, 6.07) is 15.9. The zero-order chi connectivity index (χ0) is 12.1. The van der Waals surface area contributed by atoms with Crippen LogP contribution in [0.2, 0.25) is 0 Å². The molecule has 0 bridgehead atoms. The Bertz CT molecular complexity index is 561. The Morgan fingerprint density at radius 2 is 2.00 bits per heavy atom. The van der Waals surface area contributed by atoms with Crippen molar-refractivity contribution in [2.45, 2.75) is 6.54 Å². The van der Waals surface area contributed by atoms with Crippen molar-refractivity contribution in [3.63, 3.8) is 0 Å². The maximum Gasteiger partial charge on any atom is 0.120 e. The number of rotatable bonds is 3. The summed E-state index contributed by atoms with van der Waals surface area (Å²) in [6.45, 7) is 0.671. The second-order valence-electron chi connectivity index (χ2n) is 3.64. The Kier molecular flexibility index (Phi) is 3.79. The molecule has 0 aliphatic carbocycles. The molecule has 0 amide bonds. The largest absolute Gasteiger partial charge is 0.335 e. The Hall–Kier alpha value is -1.79. The summed E-state index contributed by atoms with van der Waals surface area (Å²) in [6.07, 6.45) is 3.96. The topological polar surface area (TPSA) is 28.7 Å². The molecule has 2 aromatic rings. The SMILES string of the molecule is N#Cc1cccn1C/C(Br)=C/c1ccccc1. The van der Waals surface area contributed by atoms with E-state index in [1.807, 2.05) is 53.2 Å². The minimum Gasteiger partial charge on any atom is -0.335 e. The maximum atomic E-state index is 8.90. The highest BCUT2D eigenvalue weighted by molar-refractivity contribution is 9.11. The van der Waals surface area contributed by atoms with Crippen LogP contribution in [-0.2, 0) is 6.54 Å². The van der Waals surface area contributed by atoms with Crippen LogP contribution in [-0.4, -0.2) is 4.57 Å². The van der Waals surface area contributed by atoms with Crippen molar-refractivity contribution in [1.29, 1.82) is 5.26 Å². The minimum absolute atomic E-state index is 0.670. The van der Waals surface area contributed by atoms with Crippen LogP contribution in [0.25, 0.3) is 6.08 Å². The Labute approximate surface area is 109 Å². The summed E-state index contributed by atoms with van der Waals surface area (Å²) in [5.74, 6) is 0. The van der Waals surface area contributed by atoms with Crippen LogP contribution >= 0.6 is 15.9 Å². The van der Waals surface area contributed by atoms with E-state index in [4.69, 9.17) is 5.26 Å². The van der Waals surface area contributed by atoms with Gasteiger partial charge in [0.25, 0.3) is 0 Å². The van der Waals surface area contributed by atoms with Gasteiger partial charge >= 0.3 is 0 Å². The average Bonchev–Trinajstić information content (AvgIpc) is 2.77. The molecule has 0 N–H and O–H groups in total. The number of nitriles is 1. The molecule has 0 saturated heterocycles. The van der Waals surface area contributed by atoms with Gasteiger partial charge in [-0.25, -0.2) is 0 Å². The van der Waals surface area contributed by atoms with Crippen molar-refractivity contribution < 1.29 is 0 Å². The van der Waals surface area contributed by atoms with E-state index >= 15 is 0 Å². The number of hydrogen-bond donors (Lipinski definition) is 0. The van der Waals surface area contributed by atoms with Crippen LogP contribution in [0.1, 0.15) is 11.3 Å². The molecule has 0 aliphatic heterocycles. The summed E-state index contributed by atoms with van der Waals surface area (Å²) in [7, 11) is 0. The van der Waals surface area contributed by atoms with Gasteiger partial charge in [0, 0.05) is 10.7 Å². The van der Waals surface area contributed by atoms with E-state index in [1.165, 1.54) is 0 Å². The first kappa shape index (κ1) is 11.7. The third-order valence-electron chi connectivity index (χ3n) is 2.39. The van der Waals surface area contributed by atoms with Gasteiger partial charge in [-0.05, 0) is 23.8 Å². The molecule has 1 heterocycles. The van der Waals surface area contributed by atoms with Gasteiger partial charge < -0.3 is 4.57 Å². The zero-order valence-electron chi connectivity index (χ0n) is 9.18. The lowest BCUT2D eigenvalue weighted by Gasteiger charge is -2.03. The lowest BCUT2D eigenvalue weighted by molar-refractivity contribution is 0.812. The van der Waals surface area contributed by atoms with Crippen molar-refractivity contribution in [3.05, 3.63) is 64.4 Å². The second-order valence-corrected chi connectivity index (χ2v) is 4.65. The van der Waals surface area contributed by atoms with E-state index in [2.05, 4.69) is 28.1 Å². The number of allylic oxidation sites excluding steroid dienone is 1. The van der Waals surface area contributed by atoms with Crippen LogP contribution in [0.4, 0.5) is 0 Å². The van der Waals surface area contributed by atoms with Gasteiger partial charge in [0.15, 0.2) is 0 Å². The van der Waals surface area contributed by atoms with E-state index in [9.17, 15) is 0 Å². The van der Waals surface area contributed by atoms with Crippen molar-refractivity contribution in [2.75, 3.05) is 0 Å².